The molecule has 0 aliphatic heterocycles. The lowest BCUT2D eigenvalue weighted by Gasteiger charge is -2.33. The average Bonchev–Trinajstić information content (AvgIpc) is 3.47. The van der Waals surface area contributed by atoms with Crippen LogP contribution in [0.1, 0.15) is 177 Å². The van der Waals surface area contributed by atoms with Crippen LogP contribution in [0.25, 0.3) is 33.4 Å². The Morgan fingerprint density at radius 1 is 0.358 bits per heavy atom. The summed E-state index contributed by atoms with van der Waals surface area (Å²) in [5.41, 5.74) is 12.8. The van der Waals surface area contributed by atoms with Crippen LogP contribution in [-0.2, 0) is 18.6 Å². The van der Waals surface area contributed by atoms with Gasteiger partial charge in [-0.15, -0.1) is 0 Å². The number of aliphatic hydroxyl groups excluding tert-OH is 2. The topological polar surface area (TPSA) is 40.5 Å². The number of aliphatic hydroxyl groups is 2. The molecular formula is C51H70O2. The highest BCUT2D eigenvalue weighted by Gasteiger charge is 2.42. The predicted molar refractivity (Wildman–Crippen MR) is 228 cm³/mol. The number of unbranched alkanes of at least 4 members (excludes halogenated alkanes) is 18. The smallest absolute Gasteiger partial charge is 0.0681 e. The molecule has 0 unspecified atom stereocenters. The van der Waals surface area contributed by atoms with E-state index >= 15 is 0 Å². The van der Waals surface area contributed by atoms with Crippen LogP contribution < -0.4 is 0 Å². The summed E-state index contributed by atoms with van der Waals surface area (Å²) < 4.78 is 0. The number of benzene rings is 4. The van der Waals surface area contributed by atoms with Gasteiger partial charge in [0.2, 0.25) is 0 Å². The van der Waals surface area contributed by atoms with E-state index in [1.54, 1.807) is 0 Å². The highest BCUT2D eigenvalue weighted by atomic mass is 16.3. The van der Waals surface area contributed by atoms with Gasteiger partial charge in [0.25, 0.3) is 0 Å². The lowest BCUT2D eigenvalue weighted by molar-refractivity contribution is 0.281. The Balaban J connectivity index is 1.41. The molecule has 1 aliphatic carbocycles. The normalized spacial score (nSPS) is 13.0. The minimum Gasteiger partial charge on any atom is -0.392 e. The van der Waals surface area contributed by atoms with Gasteiger partial charge in [0.15, 0.2) is 0 Å². The molecule has 53 heavy (non-hydrogen) atoms. The van der Waals surface area contributed by atoms with Crippen molar-refractivity contribution in [2.45, 2.75) is 174 Å². The molecular weight excluding hydrogens is 645 g/mol. The molecule has 4 aromatic rings. The molecule has 0 spiro atoms. The van der Waals surface area contributed by atoms with Crippen LogP contribution in [0.4, 0.5) is 0 Å². The molecule has 0 aromatic heterocycles. The Labute approximate surface area is 323 Å². The van der Waals surface area contributed by atoms with Gasteiger partial charge in [0.1, 0.15) is 0 Å². The summed E-state index contributed by atoms with van der Waals surface area (Å²) in [6, 6.07) is 31.5. The first kappa shape index (κ1) is 41.0. The highest BCUT2D eigenvalue weighted by molar-refractivity contribution is 5.86. The molecule has 0 radical (unpaired) electrons. The van der Waals surface area contributed by atoms with Crippen LogP contribution >= 0.6 is 0 Å². The third kappa shape index (κ3) is 11.4. The van der Waals surface area contributed by atoms with Crippen LogP contribution in [0.2, 0.25) is 0 Å². The minimum absolute atomic E-state index is 0.00687. The van der Waals surface area contributed by atoms with Crippen molar-refractivity contribution in [2.24, 2.45) is 0 Å². The van der Waals surface area contributed by atoms with E-state index in [0.29, 0.717) is 0 Å². The molecule has 0 fully saturated rings. The Morgan fingerprint density at radius 3 is 0.981 bits per heavy atom. The van der Waals surface area contributed by atoms with Crippen LogP contribution in [0.15, 0.2) is 84.9 Å². The largest absolute Gasteiger partial charge is 0.392 e. The average molecular weight is 715 g/mol. The number of hydrogen-bond acceptors (Lipinski definition) is 2. The van der Waals surface area contributed by atoms with E-state index in [1.165, 1.54) is 186 Å². The molecule has 1 aliphatic rings. The summed E-state index contributed by atoms with van der Waals surface area (Å²) in [5.74, 6) is 0. The molecule has 2 heteroatoms. The third-order valence-electron chi connectivity index (χ3n) is 12.2. The molecule has 0 amide bonds. The summed E-state index contributed by atoms with van der Waals surface area (Å²) in [7, 11) is 0. The molecule has 5 rings (SSSR count). The van der Waals surface area contributed by atoms with E-state index in [0.717, 1.165) is 11.1 Å². The van der Waals surface area contributed by atoms with Gasteiger partial charge in [-0.2, -0.15) is 0 Å². The second-order valence-corrected chi connectivity index (χ2v) is 16.2. The number of rotatable bonds is 26. The lowest BCUT2D eigenvalue weighted by atomic mass is 9.70. The molecule has 0 heterocycles. The Morgan fingerprint density at radius 2 is 0.660 bits per heavy atom. The van der Waals surface area contributed by atoms with Crippen molar-refractivity contribution >= 4 is 0 Å². The fourth-order valence-corrected chi connectivity index (χ4v) is 8.95. The van der Waals surface area contributed by atoms with Gasteiger partial charge < -0.3 is 10.2 Å². The second kappa shape index (κ2) is 22.2. The van der Waals surface area contributed by atoms with Gasteiger partial charge >= 0.3 is 0 Å². The van der Waals surface area contributed by atoms with Crippen LogP contribution in [-0.4, -0.2) is 10.2 Å². The zero-order valence-electron chi connectivity index (χ0n) is 33.4. The van der Waals surface area contributed by atoms with Gasteiger partial charge in [0.05, 0.1) is 13.2 Å². The third-order valence-corrected chi connectivity index (χ3v) is 12.2. The summed E-state index contributed by atoms with van der Waals surface area (Å²) in [6.07, 6.45) is 29.5. The van der Waals surface area contributed by atoms with Gasteiger partial charge in [0, 0.05) is 5.41 Å². The van der Waals surface area contributed by atoms with E-state index in [9.17, 15) is 10.2 Å². The van der Waals surface area contributed by atoms with Crippen LogP contribution in [0, 0.1) is 0 Å². The van der Waals surface area contributed by atoms with Crippen molar-refractivity contribution in [1.82, 2.24) is 0 Å². The quantitative estimate of drug-likeness (QED) is 0.0636. The maximum atomic E-state index is 9.70. The van der Waals surface area contributed by atoms with Crippen molar-refractivity contribution < 1.29 is 10.2 Å². The molecule has 4 aromatic carbocycles. The fraction of sp³-hybridized carbons (Fsp3) is 0.529. The molecule has 2 N–H and O–H groups in total. The first-order valence-electron chi connectivity index (χ1n) is 21.8. The van der Waals surface area contributed by atoms with E-state index in [-0.39, 0.29) is 18.6 Å². The monoisotopic (exact) mass is 715 g/mol. The van der Waals surface area contributed by atoms with Crippen molar-refractivity contribution in [1.29, 1.82) is 0 Å². The summed E-state index contributed by atoms with van der Waals surface area (Å²) >= 11 is 0. The van der Waals surface area contributed by atoms with E-state index < -0.39 is 0 Å². The van der Waals surface area contributed by atoms with E-state index in [1.807, 2.05) is 0 Å². The Bertz CT molecular complexity index is 1490. The maximum absolute atomic E-state index is 9.70. The van der Waals surface area contributed by atoms with Gasteiger partial charge in [-0.05, 0) is 80.6 Å². The molecule has 0 saturated carbocycles. The molecule has 0 bridgehead atoms. The highest BCUT2D eigenvalue weighted by Crippen LogP contribution is 2.55. The summed E-state index contributed by atoms with van der Waals surface area (Å²) in [5, 5.41) is 19.4. The maximum Gasteiger partial charge on any atom is 0.0681 e. The Kier molecular flexibility index (Phi) is 17.2. The zero-order valence-corrected chi connectivity index (χ0v) is 33.4. The van der Waals surface area contributed by atoms with Crippen LogP contribution in [0.3, 0.4) is 0 Å². The second-order valence-electron chi connectivity index (χ2n) is 16.2. The molecule has 2 nitrogen and oxygen atoms in total. The first-order chi connectivity index (χ1) is 26.1. The summed E-state index contributed by atoms with van der Waals surface area (Å²) in [4.78, 5) is 0. The predicted octanol–water partition coefficient (Wildman–Crippen LogP) is 14.9. The molecule has 0 atom stereocenters. The SMILES string of the molecule is CCCCCCCCCCCCC1(CCCCCCCCCCCC)c2cc(-c3ccc(CO)cc3)ccc2-c2ccc(-c3ccc(CO)cc3)cc21. The van der Waals surface area contributed by atoms with Crippen molar-refractivity contribution in [2.75, 3.05) is 0 Å². The van der Waals surface area contributed by atoms with Gasteiger partial charge in [-0.1, -0.05) is 215 Å². The van der Waals surface area contributed by atoms with Crippen molar-refractivity contribution in [3.8, 4) is 33.4 Å². The van der Waals surface area contributed by atoms with Gasteiger partial charge in [-0.25, -0.2) is 0 Å². The fourth-order valence-electron chi connectivity index (χ4n) is 8.95. The Hall–Kier alpha value is -3.20. The first-order valence-corrected chi connectivity index (χ1v) is 21.8. The number of fused-ring (bicyclic) bond motifs is 3. The summed E-state index contributed by atoms with van der Waals surface area (Å²) in [6.45, 7) is 4.75. The molecule has 0 saturated heterocycles. The molecule has 286 valence electrons. The van der Waals surface area contributed by atoms with Crippen molar-refractivity contribution in [3.63, 3.8) is 0 Å². The van der Waals surface area contributed by atoms with Gasteiger partial charge in [-0.3, -0.25) is 0 Å². The van der Waals surface area contributed by atoms with Crippen LogP contribution in [0.5, 0.6) is 0 Å². The lowest BCUT2D eigenvalue weighted by Crippen LogP contribution is -2.25. The standard InChI is InChI=1S/C51H70O2/c1-3-5-7-9-11-13-15-17-19-21-35-51(36-22-20-18-16-14-12-10-8-6-4-2)49-37-45(43-27-23-41(39-52)24-28-43)31-33-47(49)48-34-32-46(38-50(48)51)44-29-25-42(40-53)26-30-44/h23-34,37-38,52-53H,3-22,35-36,39-40H2,1-2H3. The zero-order chi connectivity index (χ0) is 37.1. The number of hydrogen-bond donors (Lipinski definition) is 2. The van der Waals surface area contributed by atoms with E-state index in [2.05, 4.69) is 98.8 Å². The van der Waals surface area contributed by atoms with Crippen molar-refractivity contribution in [3.05, 3.63) is 107 Å². The minimum atomic E-state index is -0.00687. The van der Waals surface area contributed by atoms with E-state index in [4.69, 9.17) is 0 Å².